The fourth-order valence-corrected chi connectivity index (χ4v) is 5.03. The molecule has 19 heavy (non-hydrogen) atoms. The zero-order valence-electron chi connectivity index (χ0n) is 12.1. The first kappa shape index (κ1) is 13.4. The molecular weight excluding hydrogens is 244 g/mol. The summed E-state index contributed by atoms with van der Waals surface area (Å²) in [6.45, 7) is 8.50. The fourth-order valence-electron chi connectivity index (χ4n) is 5.03. The Morgan fingerprint density at radius 2 is 1.79 bits per heavy atom. The van der Waals surface area contributed by atoms with Crippen LogP contribution in [0.25, 0.3) is 0 Å². The van der Waals surface area contributed by atoms with E-state index >= 15 is 0 Å². The molecule has 3 aliphatic rings. The van der Waals surface area contributed by atoms with Gasteiger partial charge in [-0.3, -0.25) is 4.79 Å². The first-order valence-corrected chi connectivity index (χ1v) is 7.24. The molecule has 2 N–H and O–H groups in total. The molecule has 1 aliphatic heterocycles. The summed E-state index contributed by atoms with van der Waals surface area (Å²) >= 11 is 0. The molecule has 4 nitrogen and oxygen atoms in total. The Labute approximate surface area is 114 Å². The van der Waals surface area contributed by atoms with Crippen molar-refractivity contribution in [3.05, 3.63) is 0 Å². The molecule has 1 saturated heterocycles. The average molecular weight is 268 g/mol. The maximum Gasteiger partial charge on any atom is 0.312 e. The van der Waals surface area contributed by atoms with E-state index in [-0.39, 0.29) is 35.1 Å². The van der Waals surface area contributed by atoms with E-state index in [1.165, 1.54) is 0 Å². The van der Waals surface area contributed by atoms with Crippen LogP contribution in [-0.2, 0) is 9.53 Å². The maximum atomic E-state index is 12.3. The highest BCUT2D eigenvalue weighted by Gasteiger charge is 2.68. The van der Waals surface area contributed by atoms with Gasteiger partial charge in [-0.25, -0.2) is 0 Å². The van der Waals surface area contributed by atoms with E-state index < -0.39 is 17.6 Å². The molecule has 0 radical (unpaired) electrons. The van der Waals surface area contributed by atoms with Crippen LogP contribution in [0, 0.1) is 34.5 Å². The summed E-state index contributed by atoms with van der Waals surface area (Å²) in [5, 5.41) is 20.9. The van der Waals surface area contributed by atoms with E-state index in [1.54, 1.807) is 0 Å². The minimum absolute atomic E-state index is 0.00995. The van der Waals surface area contributed by atoms with Gasteiger partial charge in [0.25, 0.3) is 0 Å². The van der Waals surface area contributed by atoms with Crippen LogP contribution >= 0.6 is 0 Å². The number of hydrogen-bond acceptors (Lipinski definition) is 4. The molecule has 0 bridgehead atoms. The van der Waals surface area contributed by atoms with E-state index in [0.717, 1.165) is 6.42 Å². The van der Waals surface area contributed by atoms with Crippen LogP contribution < -0.4 is 0 Å². The largest absolute Gasteiger partial charge is 0.465 e. The summed E-state index contributed by atoms with van der Waals surface area (Å²) in [5.74, 6) is -0.151. The van der Waals surface area contributed by atoms with Crippen molar-refractivity contribution in [2.45, 2.75) is 46.3 Å². The second-order valence-electron chi connectivity index (χ2n) is 7.65. The van der Waals surface area contributed by atoms with Gasteiger partial charge in [0, 0.05) is 5.92 Å². The van der Waals surface area contributed by atoms with Gasteiger partial charge in [0.1, 0.15) is 0 Å². The van der Waals surface area contributed by atoms with Crippen molar-refractivity contribution in [2.24, 2.45) is 34.5 Å². The van der Waals surface area contributed by atoms with Gasteiger partial charge >= 0.3 is 5.97 Å². The van der Waals surface area contributed by atoms with Crippen LogP contribution in [0.1, 0.15) is 34.1 Å². The minimum atomic E-state index is -0.770. The molecule has 0 spiro atoms. The molecule has 0 aromatic heterocycles. The number of aliphatic hydroxyl groups is 2. The lowest BCUT2D eigenvalue weighted by Crippen LogP contribution is -2.58. The van der Waals surface area contributed by atoms with Crippen LogP contribution in [0.4, 0.5) is 0 Å². The highest BCUT2D eigenvalue weighted by Crippen LogP contribution is 2.65. The van der Waals surface area contributed by atoms with Gasteiger partial charge < -0.3 is 14.9 Å². The van der Waals surface area contributed by atoms with Crippen molar-refractivity contribution in [2.75, 3.05) is 6.61 Å². The predicted octanol–water partition coefficient (Wildman–Crippen LogP) is 1.20. The van der Waals surface area contributed by atoms with Crippen molar-refractivity contribution in [3.63, 3.8) is 0 Å². The summed E-state index contributed by atoms with van der Waals surface area (Å²) in [5.41, 5.74) is -0.566. The monoisotopic (exact) mass is 268 g/mol. The SMILES string of the molecule is C[C@H]1[C@@H](O)[C@@H](O)[C@H]2[C@H](CC2(C)C)[C@]2(C)C(=O)OC[C@@H]12. The second kappa shape index (κ2) is 3.73. The lowest BCUT2D eigenvalue weighted by molar-refractivity contribution is -0.174. The van der Waals surface area contributed by atoms with Gasteiger partial charge in [0.2, 0.25) is 0 Å². The lowest BCUT2D eigenvalue weighted by Gasteiger charge is -2.57. The Bertz CT molecular complexity index is 418. The number of carbonyl (C=O) groups excluding carboxylic acids is 1. The molecule has 7 atom stereocenters. The van der Waals surface area contributed by atoms with Crippen LogP contribution in [0.5, 0.6) is 0 Å². The number of rotatable bonds is 0. The molecule has 0 amide bonds. The summed E-state index contributed by atoms with van der Waals surface area (Å²) < 4.78 is 5.30. The number of cyclic esters (lactones) is 1. The number of fused-ring (bicyclic) bond motifs is 3. The zero-order valence-corrected chi connectivity index (χ0v) is 12.1. The minimum Gasteiger partial charge on any atom is -0.465 e. The smallest absolute Gasteiger partial charge is 0.312 e. The van der Waals surface area contributed by atoms with Crippen molar-refractivity contribution >= 4 is 5.97 Å². The van der Waals surface area contributed by atoms with E-state index in [9.17, 15) is 15.0 Å². The Kier molecular flexibility index (Phi) is 2.63. The van der Waals surface area contributed by atoms with Gasteiger partial charge in [-0.2, -0.15) is 0 Å². The number of ether oxygens (including phenoxy) is 1. The van der Waals surface area contributed by atoms with Crippen molar-refractivity contribution in [1.29, 1.82) is 0 Å². The molecule has 3 rings (SSSR count). The molecular formula is C15H24O4. The van der Waals surface area contributed by atoms with Crippen LogP contribution in [0.2, 0.25) is 0 Å². The average Bonchev–Trinajstić information content (AvgIpc) is 2.59. The number of esters is 1. The number of aliphatic hydroxyl groups excluding tert-OH is 2. The molecule has 0 aromatic rings. The Balaban J connectivity index is 2.07. The number of hydrogen-bond donors (Lipinski definition) is 2. The molecule has 4 heteroatoms. The summed E-state index contributed by atoms with van der Waals surface area (Å²) in [4.78, 5) is 12.3. The third-order valence-electron chi connectivity index (χ3n) is 6.35. The highest BCUT2D eigenvalue weighted by atomic mass is 16.5. The van der Waals surface area contributed by atoms with Crippen LogP contribution in [0.15, 0.2) is 0 Å². The normalized spacial score (nSPS) is 55.6. The first-order valence-electron chi connectivity index (χ1n) is 7.24. The van der Waals surface area contributed by atoms with Gasteiger partial charge in [0.05, 0.1) is 24.2 Å². The lowest BCUT2D eigenvalue weighted by atomic mass is 9.46. The summed E-state index contributed by atoms with van der Waals surface area (Å²) in [6.07, 6.45) is -0.594. The van der Waals surface area contributed by atoms with E-state index in [4.69, 9.17) is 4.74 Å². The van der Waals surface area contributed by atoms with Crippen LogP contribution in [-0.4, -0.2) is 35.0 Å². The second-order valence-corrected chi connectivity index (χ2v) is 7.65. The quantitative estimate of drug-likeness (QED) is 0.648. The summed E-state index contributed by atoms with van der Waals surface area (Å²) in [6, 6.07) is 0. The van der Waals surface area contributed by atoms with Gasteiger partial charge in [0.15, 0.2) is 0 Å². The first-order chi connectivity index (χ1) is 8.71. The van der Waals surface area contributed by atoms with E-state index in [2.05, 4.69) is 13.8 Å². The van der Waals surface area contributed by atoms with Crippen molar-refractivity contribution < 1.29 is 19.7 Å². The molecule has 108 valence electrons. The van der Waals surface area contributed by atoms with Gasteiger partial charge in [-0.1, -0.05) is 20.8 Å². The van der Waals surface area contributed by atoms with Crippen molar-refractivity contribution in [3.8, 4) is 0 Å². The van der Waals surface area contributed by atoms with E-state index in [1.807, 2.05) is 13.8 Å². The third-order valence-corrected chi connectivity index (χ3v) is 6.35. The topological polar surface area (TPSA) is 66.8 Å². The molecule has 0 aromatic carbocycles. The fraction of sp³-hybridized carbons (Fsp3) is 0.933. The molecule has 3 fully saturated rings. The van der Waals surface area contributed by atoms with Gasteiger partial charge in [-0.05, 0) is 36.5 Å². The summed E-state index contributed by atoms with van der Waals surface area (Å²) in [7, 11) is 0. The standard InChI is InChI=1S/C15H24O4/c1-7-9-6-19-13(18)15(9,4)8-5-14(2,3)10(8)12(17)11(7)16/h7-12,16-17H,5-6H2,1-4H3/t7-,8+,9+,10-,11-,12+,15+/m1/s1. The predicted molar refractivity (Wildman–Crippen MR) is 69.1 cm³/mol. The maximum absolute atomic E-state index is 12.3. The molecule has 2 saturated carbocycles. The number of carbonyl (C=O) groups is 1. The Morgan fingerprint density at radius 3 is 2.37 bits per heavy atom. The molecule has 2 aliphatic carbocycles. The highest BCUT2D eigenvalue weighted by molar-refractivity contribution is 5.79. The van der Waals surface area contributed by atoms with Gasteiger partial charge in [-0.15, -0.1) is 0 Å². The Hall–Kier alpha value is -0.610. The van der Waals surface area contributed by atoms with Crippen molar-refractivity contribution in [1.82, 2.24) is 0 Å². The zero-order chi connectivity index (χ0) is 14.2. The third kappa shape index (κ3) is 1.44. The Morgan fingerprint density at radius 1 is 1.16 bits per heavy atom. The molecule has 0 unspecified atom stereocenters. The van der Waals surface area contributed by atoms with Crippen LogP contribution in [0.3, 0.4) is 0 Å². The molecule has 1 heterocycles. The van der Waals surface area contributed by atoms with E-state index in [0.29, 0.717) is 6.61 Å².